The standard InChI is InChI=1S/C16H23N3O3S/c1-13(2)8-15(12-20)18-23(21,22)16-9-17-19(11-16)10-14-6-4-3-5-7-14/h3-7,9,11,13,15,18,20H,8,10,12H2,1-2H3. The van der Waals surface area contributed by atoms with Gasteiger partial charge in [0.15, 0.2) is 0 Å². The molecule has 1 aromatic carbocycles. The second-order valence-corrected chi connectivity index (χ2v) is 7.70. The van der Waals surface area contributed by atoms with Crippen LogP contribution in [0.3, 0.4) is 0 Å². The largest absolute Gasteiger partial charge is 0.395 e. The smallest absolute Gasteiger partial charge is 0.244 e. The van der Waals surface area contributed by atoms with E-state index < -0.39 is 16.1 Å². The molecule has 0 saturated heterocycles. The third kappa shape index (κ3) is 5.16. The predicted octanol–water partition coefficient (Wildman–Crippen LogP) is 1.62. The Balaban J connectivity index is 2.08. The minimum atomic E-state index is -3.68. The number of nitrogens with zero attached hydrogens (tertiary/aromatic N) is 2. The van der Waals surface area contributed by atoms with E-state index in [0.29, 0.717) is 13.0 Å². The third-order valence-electron chi connectivity index (χ3n) is 3.41. The molecule has 0 saturated carbocycles. The number of aliphatic hydroxyl groups excluding tert-OH is 1. The Morgan fingerprint density at radius 2 is 1.96 bits per heavy atom. The van der Waals surface area contributed by atoms with Crippen LogP contribution in [0.5, 0.6) is 0 Å². The van der Waals surface area contributed by atoms with Crippen molar-refractivity contribution in [3.05, 3.63) is 48.3 Å². The summed E-state index contributed by atoms with van der Waals surface area (Å²) in [6.07, 6.45) is 3.40. The average Bonchev–Trinajstić information content (AvgIpc) is 2.96. The Morgan fingerprint density at radius 1 is 1.26 bits per heavy atom. The first-order valence-electron chi connectivity index (χ1n) is 7.60. The molecule has 1 heterocycles. The topological polar surface area (TPSA) is 84.2 Å². The summed E-state index contributed by atoms with van der Waals surface area (Å²) in [6, 6.07) is 9.20. The van der Waals surface area contributed by atoms with Crippen molar-refractivity contribution in [2.24, 2.45) is 5.92 Å². The Labute approximate surface area is 137 Å². The van der Waals surface area contributed by atoms with Gasteiger partial charge in [-0.1, -0.05) is 44.2 Å². The predicted molar refractivity (Wildman–Crippen MR) is 88.4 cm³/mol. The van der Waals surface area contributed by atoms with Crippen LogP contribution in [0.25, 0.3) is 0 Å². The Hall–Kier alpha value is -1.70. The zero-order chi connectivity index (χ0) is 16.9. The summed E-state index contributed by atoms with van der Waals surface area (Å²) < 4.78 is 28.9. The second kappa shape index (κ2) is 7.72. The highest BCUT2D eigenvalue weighted by atomic mass is 32.2. The Morgan fingerprint density at radius 3 is 2.57 bits per heavy atom. The van der Waals surface area contributed by atoms with E-state index in [2.05, 4.69) is 9.82 Å². The molecule has 0 aliphatic carbocycles. The summed E-state index contributed by atoms with van der Waals surface area (Å²) in [5.74, 6) is 0.288. The molecule has 1 aromatic heterocycles. The van der Waals surface area contributed by atoms with Crippen LogP contribution in [0, 0.1) is 5.92 Å². The number of hydrogen-bond acceptors (Lipinski definition) is 4. The molecule has 0 fully saturated rings. The summed E-state index contributed by atoms with van der Waals surface area (Å²) in [6.45, 7) is 4.24. The van der Waals surface area contributed by atoms with Gasteiger partial charge in [-0.3, -0.25) is 4.68 Å². The van der Waals surface area contributed by atoms with Crippen molar-refractivity contribution in [1.82, 2.24) is 14.5 Å². The van der Waals surface area contributed by atoms with E-state index in [1.165, 1.54) is 12.4 Å². The fraction of sp³-hybridized carbons (Fsp3) is 0.438. The molecule has 7 heteroatoms. The molecule has 0 bridgehead atoms. The number of aliphatic hydroxyl groups is 1. The van der Waals surface area contributed by atoms with E-state index in [1.807, 2.05) is 44.2 Å². The lowest BCUT2D eigenvalue weighted by Crippen LogP contribution is -2.38. The lowest BCUT2D eigenvalue weighted by molar-refractivity contribution is 0.240. The van der Waals surface area contributed by atoms with Gasteiger partial charge in [-0.15, -0.1) is 0 Å². The lowest BCUT2D eigenvalue weighted by Gasteiger charge is -2.17. The summed E-state index contributed by atoms with van der Waals surface area (Å²) in [4.78, 5) is 0.107. The molecular weight excluding hydrogens is 314 g/mol. The highest BCUT2D eigenvalue weighted by Crippen LogP contribution is 2.12. The molecule has 2 N–H and O–H groups in total. The van der Waals surface area contributed by atoms with E-state index in [0.717, 1.165) is 5.56 Å². The van der Waals surface area contributed by atoms with Crippen LogP contribution in [-0.4, -0.2) is 36.0 Å². The van der Waals surface area contributed by atoms with Crippen molar-refractivity contribution >= 4 is 10.0 Å². The van der Waals surface area contributed by atoms with E-state index in [-0.39, 0.29) is 17.4 Å². The first kappa shape index (κ1) is 17.7. The van der Waals surface area contributed by atoms with Crippen molar-refractivity contribution in [1.29, 1.82) is 0 Å². The number of nitrogens with one attached hydrogen (secondary N) is 1. The quantitative estimate of drug-likeness (QED) is 0.766. The van der Waals surface area contributed by atoms with Crippen molar-refractivity contribution in [3.8, 4) is 0 Å². The molecule has 1 atom stereocenters. The first-order chi connectivity index (χ1) is 10.9. The number of aromatic nitrogens is 2. The molecule has 2 aromatic rings. The van der Waals surface area contributed by atoms with Crippen molar-refractivity contribution in [3.63, 3.8) is 0 Å². The SMILES string of the molecule is CC(C)CC(CO)NS(=O)(=O)c1cnn(Cc2ccccc2)c1. The number of benzene rings is 1. The fourth-order valence-electron chi connectivity index (χ4n) is 2.36. The van der Waals surface area contributed by atoms with Gasteiger partial charge in [-0.2, -0.15) is 5.10 Å². The maximum absolute atomic E-state index is 12.4. The van der Waals surface area contributed by atoms with Crippen LogP contribution in [0.15, 0.2) is 47.6 Å². The summed E-state index contributed by atoms with van der Waals surface area (Å²) >= 11 is 0. The normalized spacial score (nSPS) is 13.4. The van der Waals surface area contributed by atoms with Crippen molar-refractivity contribution < 1.29 is 13.5 Å². The molecule has 0 radical (unpaired) electrons. The highest BCUT2D eigenvalue weighted by Gasteiger charge is 2.22. The average molecular weight is 337 g/mol. The van der Waals surface area contributed by atoms with Gasteiger partial charge in [0.25, 0.3) is 0 Å². The van der Waals surface area contributed by atoms with Crippen LogP contribution in [-0.2, 0) is 16.6 Å². The van der Waals surface area contributed by atoms with E-state index in [1.54, 1.807) is 4.68 Å². The zero-order valence-corrected chi connectivity index (χ0v) is 14.2. The number of rotatable bonds is 8. The molecular formula is C16H23N3O3S. The van der Waals surface area contributed by atoms with Gasteiger partial charge in [-0.05, 0) is 17.9 Å². The van der Waals surface area contributed by atoms with Gasteiger partial charge in [0.05, 0.1) is 19.3 Å². The van der Waals surface area contributed by atoms with Crippen LogP contribution in [0.2, 0.25) is 0 Å². The Bertz CT molecular complexity index is 711. The Kier molecular flexibility index (Phi) is 5.92. The molecule has 0 aliphatic rings. The van der Waals surface area contributed by atoms with Gasteiger partial charge in [0.1, 0.15) is 4.90 Å². The third-order valence-corrected chi connectivity index (χ3v) is 4.88. The number of sulfonamides is 1. The van der Waals surface area contributed by atoms with E-state index >= 15 is 0 Å². The maximum atomic E-state index is 12.4. The van der Waals surface area contributed by atoms with E-state index in [4.69, 9.17) is 0 Å². The summed E-state index contributed by atoms with van der Waals surface area (Å²) in [7, 11) is -3.68. The van der Waals surface area contributed by atoms with E-state index in [9.17, 15) is 13.5 Å². The monoisotopic (exact) mass is 337 g/mol. The molecule has 1 unspecified atom stereocenters. The van der Waals surface area contributed by atoms with Gasteiger partial charge in [0.2, 0.25) is 10.0 Å². The summed E-state index contributed by atoms with van der Waals surface area (Å²) in [5.41, 5.74) is 1.04. The maximum Gasteiger partial charge on any atom is 0.244 e. The highest BCUT2D eigenvalue weighted by molar-refractivity contribution is 7.89. The molecule has 0 spiro atoms. The van der Waals surface area contributed by atoms with Crippen LogP contribution in [0.4, 0.5) is 0 Å². The molecule has 6 nitrogen and oxygen atoms in total. The second-order valence-electron chi connectivity index (χ2n) is 5.99. The van der Waals surface area contributed by atoms with Crippen molar-refractivity contribution in [2.45, 2.75) is 37.8 Å². The summed E-state index contributed by atoms with van der Waals surface area (Å²) in [5, 5.41) is 13.4. The molecule has 2 rings (SSSR count). The molecule has 0 amide bonds. The fourth-order valence-corrected chi connectivity index (χ4v) is 3.55. The zero-order valence-electron chi connectivity index (χ0n) is 13.4. The molecule has 23 heavy (non-hydrogen) atoms. The van der Waals surface area contributed by atoms with Gasteiger partial charge in [-0.25, -0.2) is 13.1 Å². The van der Waals surface area contributed by atoms with Gasteiger partial charge in [0, 0.05) is 12.2 Å². The van der Waals surface area contributed by atoms with Crippen LogP contribution >= 0.6 is 0 Å². The lowest BCUT2D eigenvalue weighted by atomic mass is 10.1. The first-order valence-corrected chi connectivity index (χ1v) is 9.08. The van der Waals surface area contributed by atoms with Gasteiger partial charge < -0.3 is 5.11 Å². The van der Waals surface area contributed by atoms with Crippen molar-refractivity contribution in [2.75, 3.05) is 6.61 Å². The number of hydrogen-bond donors (Lipinski definition) is 2. The van der Waals surface area contributed by atoms with Gasteiger partial charge >= 0.3 is 0 Å². The molecule has 126 valence electrons. The minimum absolute atomic E-state index is 0.107. The molecule has 0 aliphatic heterocycles. The van der Waals surface area contributed by atoms with Crippen LogP contribution < -0.4 is 4.72 Å². The van der Waals surface area contributed by atoms with Crippen LogP contribution in [0.1, 0.15) is 25.8 Å². The minimum Gasteiger partial charge on any atom is -0.395 e.